The van der Waals surface area contributed by atoms with Crippen molar-refractivity contribution in [2.75, 3.05) is 19.6 Å². The van der Waals surface area contributed by atoms with Crippen LogP contribution in [0.5, 0.6) is 0 Å². The molecule has 4 heteroatoms. The van der Waals surface area contributed by atoms with Crippen LogP contribution in [0.25, 0.3) is 0 Å². The Hall–Kier alpha value is -0.900. The molecular weight excluding hydrogens is 132 g/mol. The number of carbonyl (C=O) groups is 1. The van der Waals surface area contributed by atoms with E-state index in [-0.39, 0.29) is 6.04 Å². The Bertz CT molecular complexity index is 122. The summed E-state index contributed by atoms with van der Waals surface area (Å²) in [5, 5.41) is 3.00. The van der Waals surface area contributed by atoms with E-state index in [0.29, 0.717) is 13.1 Å². The lowest BCUT2D eigenvalue weighted by atomic mass is 10.2. The first-order valence-electron chi connectivity index (χ1n) is 3.19. The van der Waals surface area contributed by atoms with Gasteiger partial charge >= 0.3 is 6.41 Å². The monoisotopic (exact) mass is 141 g/mol. The van der Waals surface area contributed by atoms with E-state index >= 15 is 0 Å². The van der Waals surface area contributed by atoms with E-state index in [1.54, 1.807) is 6.41 Å². The first-order chi connectivity index (χ1) is 4.88. The molecule has 1 amide bonds. The van der Waals surface area contributed by atoms with Crippen LogP contribution >= 0.6 is 0 Å². The van der Waals surface area contributed by atoms with Crippen LogP contribution in [0.1, 0.15) is 0 Å². The zero-order chi connectivity index (χ0) is 7.40. The van der Waals surface area contributed by atoms with Gasteiger partial charge in [-0.25, -0.2) is 0 Å². The first kappa shape index (κ1) is 7.21. The van der Waals surface area contributed by atoms with Crippen molar-refractivity contribution in [3.8, 4) is 0 Å². The summed E-state index contributed by atoms with van der Waals surface area (Å²) in [5.41, 5.74) is 0. The molecule has 55 valence electrons. The van der Waals surface area contributed by atoms with Crippen LogP contribution < -0.4 is 5.32 Å². The Morgan fingerprint density at radius 2 is 2.50 bits per heavy atom. The lowest BCUT2D eigenvalue weighted by Gasteiger charge is -2.28. The SMILES string of the molecule is O=[C]N1CCNCC1C=O. The third kappa shape index (κ3) is 1.33. The molecule has 1 rings (SSSR count). The third-order valence-electron chi connectivity index (χ3n) is 1.56. The second-order valence-corrected chi connectivity index (χ2v) is 2.19. The summed E-state index contributed by atoms with van der Waals surface area (Å²) >= 11 is 0. The molecule has 0 aromatic carbocycles. The zero-order valence-corrected chi connectivity index (χ0v) is 5.54. The number of amides is 1. The lowest BCUT2D eigenvalue weighted by Crippen LogP contribution is -2.51. The van der Waals surface area contributed by atoms with Gasteiger partial charge in [0.2, 0.25) is 0 Å². The topological polar surface area (TPSA) is 49.4 Å². The highest BCUT2D eigenvalue weighted by atomic mass is 16.1. The van der Waals surface area contributed by atoms with Crippen LogP contribution in [0, 0.1) is 0 Å². The standard InChI is InChI=1S/C6H9N2O2/c9-4-6-3-7-1-2-8(6)5-10/h4,6-7H,1-3H2. The molecule has 1 saturated heterocycles. The van der Waals surface area contributed by atoms with Gasteiger partial charge in [-0.05, 0) is 0 Å². The number of piperazine rings is 1. The van der Waals surface area contributed by atoms with Crippen LogP contribution in [0.4, 0.5) is 0 Å². The number of rotatable bonds is 2. The lowest BCUT2D eigenvalue weighted by molar-refractivity contribution is -0.111. The molecule has 0 aliphatic carbocycles. The summed E-state index contributed by atoms with van der Waals surface area (Å²) in [6.07, 6.45) is 2.48. The minimum Gasteiger partial charge on any atom is -0.322 e. The Kier molecular flexibility index (Phi) is 2.39. The summed E-state index contributed by atoms with van der Waals surface area (Å²) in [7, 11) is 0. The van der Waals surface area contributed by atoms with E-state index in [0.717, 1.165) is 12.8 Å². The Morgan fingerprint density at radius 3 is 3.00 bits per heavy atom. The van der Waals surface area contributed by atoms with E-state index in [2.05, 4.69) is 5.32 Å². The van der Waals surface area contributed by atoms with Crippen molar-refractivity contribution < 1.29 is 9.59 Å². The van der Waals surface area contributed by atoms with E-state index < -0.39 is 0 Å². The molecule has 1 unspecified atom stereocenters. The molecule has 0 aromatic heterocycles. The van der Waals surface area contributed by atoms with Crippen molar-refractivity contribution in [3.63, 3.8) is 0 Å². The summed E-state index contributed by atoms with van der Waals surface area (Å²) in [4.78, 5) is 21.8. The molecule has 1 atom stereocenters. The smallest absolute Gasteiger partial charge is 0.312 e. The van der Waals surface area contributed by atoms with Gasteiger partial charge < -0.3 is 15.0 Å². The van der Waals surface area contributed by atoms with Gasteiger partial charge in [0.05, 0.1) is 0 Å². The summed E-state index contributed by atoms with van der Waals surface area (Å²) in [6, 6.07) is -0.314. The van der Waals surface area contributed by atoms with Gasteiger partial charge in [-0.3, -0.25) is 4.79 Å². The Balaban J connectivity index is 2.49. The van der Waals surface area contributed by atoms with Crippen molar-refractivity contribution in [1.29, 1.82) is 0 Å². The number of aldehydes is 1. The first-order valence-corrected chi connectivity index (χ1v) is 3.19. The van der Waals surface area contributed by atoms with Crippen molar-refractivity contribution in [3.05, 3.63) is 0 Å². The maximum absolute atomic E-state index is 10.3. The highest BCUT2D eigenvalue weighted by Gasteiger charge is 2.19. The van der Waals surface area contributed by atoms with Gasteiger partial charge in [-0.2, -0.15) is 0 Å². The highest BCUT2D eigenvalue weighted by molar-refractivity contribution is 5.64. The molecule has 1 aliphatic heterocycles. The summed E-state index contributed by atoms with van der Waals surface area (Å²) < 4.78 is 0. The Labute approximate surface area is 59.2 Å². The van der Waals surface area contributed by atoms with Crippen LogP contribution in [-0.4, -0.2) is 43.3 Å². The molecule has 1 N–H and O–H groups in total. The molecule has 4 nitrogen and oxygen atoms in total. The number of nitrogens with one attached hydrogen (secondary N) is 1. The van der Waals surface area contributed by atoms with Crippen molar-refractivity contribution in [2.24, 2.45) is 0 Å². The van der Waals surface area contributed by atoms with Gasteiger partial charge in [0.1, 0.15) is 12.3 Å². The average molecular weight is 141 g/mol. The minimum atomic E-state index is -0.314. The van der Waals surface area contributed by atoms with Gasteiger partial charge in [0.15, 0.2) is 0 Å². The van der Waals surface area contributed by atoms with E-state index in [1.807, 2.05) is 0 Å². The maximum Gasteiger partial charge on any atom is 0.312 e. The second kappa shape index (κ2) is 3.31. The van der Waals surface area contributed by atoms with Crippen molar-refractivity contribution >= 4 is 12.7 Å². The van der Waals surface area contributed by atoms with E-state index in [4.69, 9.17) is 0 Å². The fraction of sp³-hybridized carbons (Fsp3) is 0.667. The number of nitrogens with zero attached hydrogens (tertiary/aromatic N) is 1. The molecule has 10 heavy (non-hydrogen) atoms. The maximum atomic E-state index is 10.3. The third-order valence-corrected chi connectivity index (χ3v) is 1.56. The van der Waals surface area contributed by atoms with Gasteiger partial charge in [0, 0.05) is 19.6 Å². The predicted octanol–water partition coefficient (Wildman–Crippen LogP) is -1.47. The van der Waals surface area contributed by atoms with Crippen LogP contribution in [0.15, 0.2) is 0 Å². The number of carbonyl (C=O) groups excluding carboxylic acids is 2. The number of hydrogen-bond acceptors (Lipinski definition) is 3. The van der Waals surface area contributed by atoms with Crippen molar-refractivity contribution in [2.45, 2.75) is 6.04 Å². The molecule has 1 radical (unpaired) electrons. The van der Waals surface area contributed by atoms with Gasteiger partial charge in [0.25, 0.3) is 0 Å². The second-order valence-electron chi connectivity index (χ2n) is 2.19. The fourth-order valence-corrected chi connectivity index (χ4v) is 0.960. The van der Waals surface area contributed by atoms with Gasteiger partial charge in [-0.15, -0.1) is 0 Å². The van der Waals surface area contributed by atoms with E-state index in [9.17, 15) is 9.59 Å². The van der Waals surface area contributed by atoms with E-state index in [1.165, 1.54) is 4.90 Å². The molecule has 0 bridgehead atoms. The number of hydrogen-bond donors (Lipinski definition) is 1. The molecule has 1 fully saturated rings. The Morgan fingerprint density at radius 1 is 1.70 bits per heavy atom. The minimum absolute atomic E-state index is 0.314. The van der Waals surface area contributed by atoms with Gasteiger partial charge in [-0.1, -0.05) is 0 Å². The summed E-state index contributed by atoms with van der Waals surface area (Å²) in [5.74, 6) is 0. The zero-order valence-electron chi connectivity index (χ0n) is 5.54. The largest absolute Gasteiger partial charge is 0.322 e. The van der Waals surface area contributed by atoms with Crippen LogP contribution in [0.3, 0.4) is 0 Å². The molecule has 1 heterocycles. The quantitative estimate of drug-likeness (QED) is 0.477. The molecule has 0 saturated carbocycles. The average Bonchev–Trinajstić information content (AvgIpc) is 2.04. The normalized spacial score (nSPS) is 26.0. The van der Waals surface area contributed by atoms with Crippen molar-refractivity contribution in [1.82, 2.24) is 10.2 Å². The summed E-state index contributed by atoms with van der Waals surface area (Å²) in [6.45, 7) is 1.88. The predicted molar refractivity (Wildman–Crippen MR) is 35.1 cm³/mol. The molecule has 0 spiro atoms. The molecule has 1 aliphatic rings. The highest BCUT2D eigenvalue weighted by Crippen LogP contribution is 1.95. The van der Waals surface area contributed by atoms with Crippen LogP contribution in [0.2, 0.25) is 0 Å². The molecule has 0 aromatic rings. The molecular formula is C6H9N2O2. The fourth-order valence-electron chi connectivity index (χ4n) is 0.960. The van der Waals surface area contributed by atoms with Crippen LogP contribution in [-0.2, 0) is 9.59 Å².